The van der Waals surface area contributed by atoms with Crippen molar-refractivity contribution in [2.45, 2.75) is 20.8 Å². The van der Waals surface area contributed by atoms with Gasteiger partial charge in [-0.1, -0.05) is 17.7 Å². The van der Waals surface area contributed by atoms with Crippen LogP contribution in [0, 0.1) is 32.1 Å². The molecule has 1 aromatic heterocycles. The van der Waals surface area contributed by atoms with Gasteiger partial charge in [-0.15, -0.1) is 0 Å². The second-order valence-corrected chi connectivity index (χ2v) is 5.21. The van der Waals surface area contributed by atoms with Gasteiger partial charge in [0.15, 0.2) is 5.82 Å². The van der Waals surface area contributed by atoms with Gasteiger partial charge in [0.25, 0.3) is 0 Å². The Kier molecular flexibility index (Phi) is 3.71. The highest BCUT2D eigenvalue weighted by molar-refractivity contribution is 5.67. The van der Waals surface area contributed by atoms with Crippen LogP contribution in [0.2, 0.25) is 0 Å². The highest BCUT2D eigenvalue weighted by atomic mass is 15.1. The molecule has 0 aliphatic heterocycles. The van der Waals surface area contributed by atoms with Crippen LogP contribution in [-0.2, 0) is 0 Å². The summed E-state index contributed by atoms with van der Waals surface area (Å²) in [6.45, 7) is 6.17. The quantitative estimate of drug-likeness (QED) is 0.838. The normalized spacial score (nSPS) is 10.2. The zero-order valence-corrected chi connectivity index (χ0v) is 12.5. The van der Waals surface area contributed by atoms with E-state index in [9.17, 15) is 0 Å². The fourth-order valence-electron chi connectivity index (χ4n) is 2.37. The summed E-state index contributed by atoms with van der Waals surface area (Å²) in [4.78, 5) is 10.8. The number of aromatic nitrogens is 2. The molecule has 0 saturated heterocycles. The van der Waals surface area contributed by atoms with Gasteiger partial charge >= 0.3 is 0 Å². The Labute approximate surface area is 119 Å². The molecular weight excluding hydrogens is 248 g/mol. The lowest BCUT2D eigenvalue weighted by Gasteiger charge is -2.15. The Balaban J connectivity index is 2.70. The first kappa shape index (κ1) is 14.0. The van der Waals surface area contributed by atoms with E-state index in [1.807, 2.05) is 32.8 Å². The first-order valence-corrected chi connectivity index (χ1v) is 6.47. The molecule has 1 aromatic carbocycles. The standard InChI is InChI=1S/C16H18N4/c1-10-6-11(2)15(12(3)7-10)16-18-13(9-17)8-14(19-16)20(4)5/h6-8H,1-5H3. The van der Waals surface area contributed by atoms with Crippen molar-refractivity contribution in [1.29, 1.82) is 5.26 Å². The average Bonchev–Trinajstić information content (AvgIpc) is 2.37. The van der Waals surface area contributed by atoms with Crippen LogP contribution in [0.5, 0.6) is 0 Å². The molecule has 0 aliphatic rings. The first-order chi connectivity index (χ1) is 9.42. The van der Waals surface area contributed by atoms with E-state index < -0.39 is 0 Å². The topological polar surface area (TPSA) is 52.8 Å². The Hall–Kier alpha value is -2.41. The largest absolute Gasteiger partial charge is 0.363 e. The van der Waals surface area contributed by atoms with Crippen molar-refractivity contribution in [3.05, 3.63) is 40.6 Å². The van der Waals surface area contributed by atoms with Gasteiger partial charge in [0, 0.05) is 25.7 Å². The highest BCUT2D eigenvalue weighted by Crippen LogP contribution is 2.27. The number of nitrogens with zero attached hydrogens (tertiary/aromatic N) is 4. The third kappa shape index (κ3) is 2.62. The van der Waals surface area contributed by atoms with Gasteiger partial charge in [0.05, 0.1) is 0 Å². The molecule has 0 unspecified atom stereocenters. The molecule has 0 saturated carbocycles. The minimum atomic E-state index is 0.387. The van der Waals surface area contributed by atoms with E-state index in [4.69, 9.17) is 5.26 Å². The molecule has 0 radical (unpaired) electrons. The van der Waals surface area contributed by atoms with Crippen LogP contribution in [0.1, 0.15) is 22.4 Å². The predicted octanol–water partition coefficient (Wildman–Crippen LogP) is 3.01. The predicted molar refractivity (Wildman–Crippen MR) is 80.7 cm³/mol. The van der Waals surface area contributed by atoms with Gasteiger partial charge < -0.3 is 4.90 Å². The van der Waals surface area contributed by atoms with Crippen molar-refractivity contribution in [2.75, 3.05) is 19.0 Å². The third-order valence-electron chi connectivity index (χ3n) is 3.19. The number of aryl methyl sites for hydroxylation is 3. The lowest BCUT2D eigenvalue weighted by molar-refractivity contribution is 1.03. The molecule has 1 heterocycles. The third-order valence-corrected chi connectivity index (χ3v) is 3.19. The number of hydrogen-bond donors (Lipinski definition) is 0. The smallest absolute Gasteiger partial charge is 0.163 e. The second kappa shape index (κ2) is 5.30. The number of rotatable bonds is 2. The van der Waals surface area contributed by atoms with Crippen LogP contribution in [0.3, 0.4) is 0 Å². The van der Waals surface area contributed by atoms with E-state index in [1.54, 1.807) is 6.07 Å². The molecule has 0 bridgehead atoms. The minimum Gasteiger partial charge on any atom is -0.363 e. The summed E-state index contributed by atoms with van der Waals surface area (Å²) in [6, 6.07) is 8.02. The summed E-state index contributed by atoms with van der Waals surface area (Å²) in [6.07, 6.45) is 0. The van der Waals surface area contributed by atoms with E-state index in [1.165, 1.54) is 5.56 Å². The van der Waals surface area contributed by atoms with Crippen molar-refractivity contribution in [3.63, 3.8) is 0 Å². The second-order valence-electron chi connectivity index (χ2n) is 5.21. The van der Waals surface area contributed by atoms with E-state index >= 15 is 0 Å². The molecule has 0 atom stereocenters. The van der Waals surface area contributed by atoms with Gasteiger partial charge in [0.1, 0.15) is 17.6 Å². The molecule has 2 aromatic rings. The summed E-state index contributed by atoms with van der Waals surface area (Å²) < 4.78 is 0. The maximum atomic E-state index is 9.14. The lowest BCUT2D eigenvalue weighted by atomic mass is 9.99. The number of benzene rings is 1. The summed E-state index contributed by atoms with van der Waals surface area (Å²) in [5.41, 5.74) is 4.87. The van der Waals surface area contributed by atoms with Crippen LogP contribution in [0.25, 0.3) is 11.4 Å². The molecule has 0 fully saturated rings. The van der Waals surface area contributed by atoms with E-state index in [0.29, 0.717) is 11.5 Å². The maximum Gasteiger partial charge on any atom is 0.163 e. The van der Waals surface area contributed by atoms with Crippen LogP contribution < -0.4 is 4.90 Å². The summed E-state index contributed by atoms with van der Waals surface area (Å²) in [5, 5.41) is 9.14. The molecule has 4 nitrogen and oxygen atoms in total. The average molecular weight is 266 g/mol. The van der Waals surface area contributed by atoms with Crippen LogP contribution >= 0.6 is 0 Å². The van der Waals surface area contributed by atoms with Crippen LogP contribution in [0.15, 0.2) is 18.2 Å². The summed E-state index contributed by atoms with van der Waals surface area (Å²) >= 11 is 0. The summed E-state index contributed by atoms with van der Waals surface area (Å²) in [7, 11) is 3.81. The Morgan fingerprint density at radius 3 is 2.10 bits per heavy atom. The Morgan fingerprint density at radius 1 is 1.00 bits per heavy atom. The van der Waals surface area contributed by atoms with Gasteiger partial charge in [-0.25, -0.2) is 9.97 Å². The zero-order chi connectivity index (χ0) is 14.9. The molecule has 0 amide bonds. The number of nitriles is 1. The van der Waals surface area contributed by atoms with Crippen molar-refractivity contribution in [1.82, 2.24) is 9.97 Å². The molecule has 102 valence electrons. The highest BCUT2D eigenvalue weighted by Gasteiger charge is 2.13. The lowest BCUT2D eigenvalue weighted by Crippen LogP contribution is -2.12. The first-order valence-electron chi connectivity index (χ1n) is 6.47. The number of hydrogen-bond acceptors (Lipinski definition) is 4. The van der Waals surface area contributed by atoms with Gasteiger partial charge in [-0.3, -0.25) is 0 Å². The molecule has 0 spiro atoms. The Bertz CT molecular complexity index is 673. The van der Waals surface area contributed by atoms with Gasteiger partial charge in [0.2, 0.25) is 0 Å². The molecular formula is C16H18N4. The molecule has 0 N–H and O–H groups in total. The van der Waals surface area contributed by atoms with Crippen molar-refractivity contribution >= 4 is 5.82 Å². The fraction of sp³-hybridized carbons (Fsp3) is 0.312. The fourth-order valence-corrected chi connectivity index (χ4v) is 2.37. The van der Waals surface area contributed by atoms with E-state index in [2.05, 4.69) is 35.1 Å². The summed E-state index contributed by atoms with van der Waals surface area (Å²) in [5.74, 6) is 1.36. The van der Waals surface area contributed by atoms with Crippen LogP contribution in [-0.4, -0.2) is 24.1 Å². The van der Waals surface area contributed by atoms with Crippen molar-refractivity contribution in [3.8, 4) is 17.5 Å². The van der Waals surface area contributed by atoms with E-state index in [0.717, 1.165) is 22.5 Å². The van der Waals surface area contributed by atoms with Crippen molar-refractivity contribution < 1.29 is 0 Å². The Morgan fingerprint density at radius 2 is 1.60 bits per heavy atom. The van der Waals surface area contributed by atoms with E-state index in [-0.39, 0.29) is 0 Å². The zero-order valence-electron chi connectivity index (χ0n) is 12.5. The minimum absolute atomic E-state index is 0.387. The molecule has 20 heavy (non-hydrogen) atoms. The molecule has 2 rings (SSSR count). The van der Waals surface area contributed by atoms with Crippen LogP contribution in [0.4, 0.5) is 5.82 Å². The van der Waals surface area contributed by atoms with Crippen molar-refractivity contribution in [2.24, 2.45) is 0 Å². The molecule has 0 aliphatic carbocycles. The van der Waals surface area contributed by atoms with Gasteiger partial charge in [-0.05, 0) is 31.9 Å². The van der Waals surface area contributed by atoms with Gasteiger partial charge in [-0.2, -0.15) is 5.26 Å². The number of anilines is 1. The molecule has 4 heteroatoms. The maximum absolute atomic E-state index is 9.14. The monoisotopic (exact) mass is 266 g/mol. The SMILES string of the molecule is Cc1cc(C)c(-c2nc(C#N)cc(N(C)C)n2)c(C)c1.